The molecule has 0 spiro atoms. The summed E-state index contributed by atoms with van der Waals surface area (Å²) in [7, 11) is 0. The van der Waals surface area contributed by atoms with Gasteiger partial charge in [-0.25, -0.2) is 4.79 Å². The Balaban J connectivity index is 1.59. The van der Waals surface area contributed by atoms with Crippen LogP contribution in [-0.4, -0.2) is 41.4 Å². The number of carbonyl (C=O) groups is 3. The predicted molar refractivity (Wildman–Crippen MR) is 115 cm³/mol. The Hall–Kier alpha value is -2.87. The zero-order valence-corrected chi connectivity index (χ0v) is 18.0. The third kappa shape index (κ3) is 5.82. The third-order valence-corrected chi connectivity index (χ3v) is 5.54. The summed E-state index contributed by atoms with van der Waals surface area (Å²) in [4.78, 5) is 38.6. The number of hydrogen-bond acceptors (Lipinski definition) is 4. The molecule has 0 unspecified atom stereocenters. The number of ether oxygens (including phenoxy) is 1. The molecule has 0 aliphatic carbocycles. The first-order chi connectivity index (χ1) is 14.4. The van der Waals surface area contributed by atoms with E-state index < -0.39 is 30.0 Å². The lowest BCUT2D eigenvalue weighted by molar-refractivity contribution is -0.130. The average Bonchev–Trinajstić information content (AvgIpc) is 3.24. The molecule has 7 nitrogen and oxygen atoms in total. The predicted octanol–water partition coefficient (Wildman–Crippen LogP) is 2.76. The normalized spacial score (nSPS) is 16.7. The van der Waals surface area contributed by atoms with E-state index in [1.807, 2.05) is 54.6 Å². The lowest BCUT2D eigenvalue weighted by Gasteiger charge is -2.25. The fraction of sp³-hybridized carbons (Fsp3) is 0.318. The summed E-state index contributed by atoms with van der Waals surface area (Å²) in [5, 5.41) is 2.71. The van der Waals surface area contributed by atoms with E-state index in [-0.39, 0.29) is 13.0 Å². The first kappa shape index (κ1) is 21.8. The van der Waals surface area contributed by atoms with Gasteiger partial charge in [0.25, 0.3) is 0 Å². The van der Waals surface area contributed by atoms with Gasteiger partial charge in [-0.1, -0.05) is 58.4 Å². The minimum absolute atomic E-state index is 0.137. The highest BCUT2D eigenvalue weighted by molar-refractivity contribution is 9.10. The van der Waals surface area contributed by atoms with Crippen LogP contribution in [0.25, 0.3) is 0 Å². The molecule has 3 N–H and O–H groups in total. The van der Waals surface area contributed by atoms with Crippen LogP contribution in [0.4, 0.5) is 4.79 Å². The minimum atomic E-state index is -0.860. The van der Waals surface area contributed by atoms with Crippen molar-refractivity contribution in [3.05, 3.63) is 70.2 Å². The molecule has 1 aliphatic rings. The molecular weight excluding hydrogens is 450 g/mol. The second-order valence-corrected chi connectivity index (χ2v) is 8.10. The number of likely N-dealkylation sites (tertiary alicyclic amines) is 1. The number of nitrogens with zero attached hydrogens (tertiary/aromatic N) is 1. The summed E-state index contributed by atoms with van der Waals surface area (Å²) in [5.41, 5.74) is 7.24. The molecule has 158 valence electrons. The number of primary amides is 1. The van der Waals surface area contributed by atoms with Gasteiger partial charge in [0, 0.05) is 17.4 Å². The fourth-order valence-electron chi connectivity index (χ4n) is 3.41. The summed E-state index contributed by atoms with van der Waals surface area (Å²) in [6.07, 6.45) is 0.933. The molecule has 2 atom stereocenters. The highest BCUT2D eigenvalue weighted by Crippen LogP contribution is 2.20. The highest BCUT2D eigenvalue weighted by atomic mass is 79.9. The number of nitrogens with one attached hydrogen (secondary N) is 1. The van der Waals surface area contributed by atoms with Gasteiger partial charge in [0.15, 0.2) is 0 Å². The highest BCUT2D eigenvalue weighted by Gasteiger charge is 2.36. The number of hydrogen-bond donors (Lipinski definition) is 2. The van der Waals surface area contributed by atoms with E-state index >= 15 is 0 Å². The molecule has 30 heavy (non-hydrogen) atoms. The van der Waals surface area contributed by atoms with Gasteiger partial charge in [-0.05, 0) is 36.1 Å². The third-order valence-electron chi connectivity index (χ3n) is 5.01. The zero-order valence-electron chi connectivity index (χ0n) is 16.4. The van der Waals surface area contributed by atoms with Crippen LogP contribution in [0.2, 0.25) is 0 Å². The molecule has 0 bridgehead atoms. The molecule has 1 aliphatic heterocycles. The van der Waals surface area contributed by atoms with Gasteiger partial charge in [-0.15, -0.1) is 0 Å². The summed E-state index contributed by atoms with van der Waals surface area (Å²) in [5.74, 6) is -1.02. The van der Waals surface area contributed by atoms with Crippen LogP contribution in [0.1, 0.15) is 24.0 Å². The number of halogens is 1. The van der Waals surface area contributed by atoms with E-state index in [1.165, 1.54) is 4.90 Å². The van der Waals surface area contributed by atoms with E-state index in [0.717, 1.165) is 15.6 Å². The van der Waals surface area contributed by atoms with Gasteiger partial charge < -0.3 is 15.8 Å². The first-order valence-electron chi connectivity index (χ1n) is 9.75. The largest absolute Gasteiger partial charge is 0.445 e. The maximum absolute atomic E-state index is 12.8. The molecule has 1 heterocycles. The maximum Gasteiger partial charge on any atom is 0.410 e. The summed E-state index contributed by atoms with van der Waals surface area (Å²) < 4.78 is 6.28. The smallest absolute Gasteiger partial charge is 0.410 e. The molecule has 3 rings (SSSR count). The van der Waals surface area contributed by atoms with Crippen LogP contribution in [0.5, 0.6) is 0 Å². The number of benzene rings is 2. The van der Waals surface area contributed by atoms with Crippen molar-refractivity contribution in [3.63, 3.8) is 0 Å². The zero-order chi connectivity index (χ0) is 21.5. The Morgan fingerprint density at radius 3 is 2.47 bits per heavy atom. The van der Waals surface area contributed by atoms with Crippen LogP contribution >= 0.6 is 15.9 Å². The van der Waals surface area contributed by atoms with Crippen LogP contribution in [0, 0.1) is 0 Å². The van der Waals surface area contributed by atoms with Crippen LogP contribution < -0.4 is 11.1 Å². The Morgan fingerprint density at radius 1 is 1.10 bits per heavy atom. The number of carbonyl (C=O) groups excluding carboxylic acids is 3. The SMILES string of the molecule is NC(=O)[C@H](Cc1ccc(Br)cc1)NC(=O)[C@H]1CCCN1C(=O)OCc1ccccc1. The Kier molecular flexibility index (Phi) is 7.46. The molecular formula is C22H24BrN3O4. The first-order valence-corrected chi connectivity index (χ1v) is 10.5. The quantitative estimate of drug-likeness (QED) is 0.645. The Labute approximate surface area is 183 Å². The second kappa shape index (κ2) is 10.2. The topological polar surface area (TPSA) is 102 Å². The standard InChI is InChI=1S/C22H24BrN3O4/c23-17-10-8-15(9-11-17)13-18(20(24)27)25-21(28)19-7-4-12-26(19)22(29)30-14-16-5-2-1-3-6-16/h1-3,5-6,8-11,18-19H,4,7,12-14H2,(H2,24,27)(H,25,28)/t18-,19+/m0/s1. The Morgan fingerprint density at radius 2 is 1.80 bits per heavy atom. The van der Waals surface area contributed by atoms with E-state index in [0.29, 0.717) is 19.4 Å². The number of rotatable bonds is 7. The number of amides is 3. The van der Waals surface area contributed by atoms with Gasteiger partial charge in [-0.2, -0.15) is 0 Å². The van der Waals surface area contributed by atoms with Crippen molar-refractivity contribution >= 4 is 33.8 Å². The molecule has 0 aromatic heterocycles. The fourth-order valence-corrected chi connectivity index (χ4v) is 3.67. The van der Waals surface area contributed by atoms with Crippen molar-refractivity contribution in [2.75, 3.05) is 6.54 Å². The van der Waals surface area contributed by atoms with Crippen molar-refractivity contribution in [3.8, 4) is 0 Å². The van der Waals surface area contributed by atoms with Crippen molar-refractivity contribution in [2.24, 2.45) is 5.73 Å². The van der Waals surface area contributed by atoms with Gasteiger partial charge in [0.05, 0.1) is 0 Å². The molecule has 3 amide bonds. The van der Waals surface area contributed by atoms with E-state index in [2.05, 4.69) is 21.2 Å². The lowest BCUT2D eigenvalue weighted by atomic mass is 10.0. The van der Waals surface area contributed by atoms with Crippen molar-refractivity contribution < 1.29 is 19.1 Å². The lowest BCUT2D eigenvalue weighted by Crippen LogP contribution is -2.53. The summed E-state index contributed by atoms with van der Waals surface area (Å²) >= 11 is 3.36. The van der Waals surface area contributed by atoms with E-state index in [9.17, 15) is 14.4 Å². The van der Waals surface area contributed by atoms with Gasteiger partial charge in [0.1, 0.15) is 18.7 Å². The monoisotopic (exact) mass is 473 g/mol. The van der Waals surface area contributed by atoms with Crippen LogP contribution in [0.15, 0.2) is 59.1 Å². The second-order valence-electron chi connectivity index (χ2n) is 7.19. The van der Waals surface area contributed by atoms with Crippen molar-refractivity contribution in [1.29, 1.82) is 0 Å². The molecule has 0 saturated carbocycles. The summed E-state index contributed by atoms with van der Waals surface area (Å²) in [6, 6.07) is 15.2. The van der Waals surface area contributed by atoms with Crippen molar-refractivity contribution in [2.45, 2.75) is 38.0 Å². The summed E-state index contributed by atoms with van der Waals surface area (Å²) in [6.45, 7) is 0.567. The molecule has 2 aromatic rings. The minimum Gasteiger partial charge on any atom is -0.445 e. The van der Waals surface area contributed by atoms with Crippen LogP contribution in [0.3, 0.4) is 0 Å². The van der Waals surface area contributed by atoms with Gasteiger partial charge >= 0.3 is 6.09 Å². The van der Waals surface area contributed by atoms with Crippen molar-refractivity contribution in [1.82, 2.24) is 10.2 Å². The van der Waals surface area contributed by atoms with Gasteiger partial charge in [0.2, 0.25) is 11.8 Å². The molecule has 2 aromatic carbocycles. The Bertz CT molecular complexity index is 889. The van der Waals surface area contributed by atoms with E-state index in [4.69, 9.17) is 10.5 Å². The molecule has 1 saturated heterocycles. The number of nitrogens with two attached hydrogens (primary N) is 1. The maximum atomic E-state index is 12.8. The van der Waals surface area contributed by atoms with Gasteiger partial charge in [-0.3, -0.25) is 14.5 Å². The van der Waals surface area contributed by atoms with E-state index in [1.54, 1.807) is 0 Å². The molecule has 1 fully saturated rings. The average molecular weight is 474 g/mol. The van der Waals surface area contributed by atoms with Crippen LogP contribution in [-0.2, 0) is 27.4 Å². The molecule has 0 radical (unpaired) electrons. The molecule has 8 heteroatoms.